The molecule has 0 aromatic heterocycles. The van der Waals surface area contributed by atoms with E-state index in [9.17, 15) is 4.79 Å². The zero-order valence-electron chi connectivity index (χ0n) is 10.7. The van der Waals surface area contributed by atoms with E-state index in [1.807, 2.05) is 0 Å². The molecule has 2 rings (SSSR count). The third-order valence-corrected chi connectivity index (χ3v) is 4.22. The van der Waals surface area contributed by atoms with E-state index in [2.05, 4.69) is 11.0 Å². The molecule has 1 aliphatic heterocycles. The monoisotopic (exact) mass is 234 g/mol. The van der Waals surface area contributed by atoms with Crippen molar-refractivity contribution in [1.82, 2.24) is 4.90 Å². The van der Waals surface area contributed by atoms with Crippen LogP contribution in [-0.2, 0) is 4.79 Å². The highest BCUT2D eigenvalue weighted by molar-refractivity contribution is 5.76. The Morgan fingerprint density at radius 3 is 2.82 bits per heavy atom. The summed E-state index contributed by atoms with van der Waals surface area (Å²) in [5.41, 5.74) is 0.279. The molecule has 3 nitrogen and oxygen atoms in total. The van der Waals surface area contributed by atoms with Crippen molar-refractivity contribution < 1.29 is 4.79 Å². The van der Waals surface area contributed by atoms with E-state index < -0.39 is 0 Å². The molecule has 1 saturated heterocycles. The molecule has 1 aliphatic carbocycles. The van der Waals surface area contributed by atoms with Crippen molar-refractivity contribution >= 4 is 5.78 Å². The molecule has 0 radical (unpaired) electrons. The smallest absolute Gasteiger partial charge is 0.131 e. The van der Waals surface area contributed by atoms with Gasteiger partial charge in [0.2, 0.25) is 0 Å². The Bertz CT molecular complexity index is 328. The maximum absolute atomic E-state index is 11.3. The molecule has 17 heavy (non-hydrogen) atoms. The number of nitriles is 1. The van der Waals surface area contributed by atoms with Gasteiger partial charge in [-0.2, -0.15) is 5.26 Å². The number of ketones is 1. The topological polar surface area (TPSA) is 44.1 Å². The second-order valence-corrected chi connectivity index (χ2v) is 5.86. The fraction of sp³-hybridized carbons (Fsp3) is 0.857. The number of hydrogen-bond acceptors (Lipinski definition) is 3. The summed E-state index contributed by atoms with van der Waals surface area (Å²) in [6, 6.07) is 2.76. The molecular formula is C14H22N2O. The summed E-state index contributed by atoms with van der Waals surface area (Å²) in [5, 5.41) is 8.86. The number of carbonyl (C=O) groups excluding carboxylic acids is 1. The first kappa shape index (κ1) is 12.6. The molecule has 0 N–H and O–H groups in total. The van der Waals surface area contributed by atoms with E-state index in [4.69, 9.17) is 5.26 Å². The predicted octanol–water partition coefficient (Wildman–Crippen LogP) is 2.51. The molecule has 1 heterocycles. The minimum Gasteiger partial charge on any atom is -0.300 e. The standard InChI is InChI=1S/C14H22N2O/c1-12(17)10-13-4-2-3-9-16(13)11-14(5-6-14)7-8-15/h13H,2-7,9-11H2,1H3. The summed E-state index contributed by atoms with van der Waals surface area (Å²) in [6.07, 6.45) is 7.44. The summed E-state index contributed by atoms with van der Waals surface area (Å²) in [4.78, 5) is 13.8. The maximum atomic E-state index is 11.3. The van der Waals surface area contributed by atoms with Gasteiger partial charge in [0.25, 0.3) is 0 Å². The van der Waals surface area contributed by atoms with E-state index in [0.717, 1.165) is 19.5 Å². The van der Waals surface area contributed by atoms with E-state index in [0.29, 0.717) is 24.7 Å². The molecule has 1 atom stereocenters. The summed E-state index contributed by atoms with van der Waals surface area (Å²) in [6.45, 7) is 3.85. The van der Waals surface area contributed by atoms with Crippen molar-refractivity contribution in [3.63, 3.8) is 0 Å². The van der Waals surface area contributed by atoms with Crippen molar-refractivity contribution in [1.29, 1.82) is 5.26 Å². The molecule has 0 spiro atoms. The molecular weight excluding hydrogens is 212 g/mol. The second kappa shape index (κ2) is 5.18. The van der Waals surface area contributed by atoms with Gasteiger partial charge in [0.1, 0.15) is 5.78 Å². The third kappa shape index (κ3) is 3.29. The average molecular weight is 234 g/mol. The minimum atomic E-state index is 0.279. The highest BCUT2D eigenvalue weighted by Gasteiger charge is 2.44. The molecule has 94 valence electrons. The van der Waals surface area contributed by atoms with Crippen LogP contribution in [0.3, 0.4) is 0 Å². The van der Waals surface area contributed by atoms with Gasteiger partial charge in [-0.05, 0) is 44.6 Å². The predicted molar refractivity (Wildman–Crippen MR) is 66.4 cm³/mol. The Hall–Kier alpha value is -0.880. The van der Waals surface area contributed by atoms with Crippen LogP contribution in [-0.4, -0.2) is 29.8 Å². The molecule has 1 saturated carbocycles. The van der Waals surface area contributed by atoms with E-state index in [1.54, 1.807) is 6.92 Å². The minimum absolute atomic E-state index is 0.279. The molecule has 1 unspecified atom stereocenters. The Balaban J connectivity index is 1.92. The Kier molecular flexibility index (Phi) is 3.83. The van der Waals surface area contributed by atoms with E-state index in [-0.39, 0.29) is 5.41 Å². The quantitative estimate of drug-likeness (QED) is 0.734. The summed E-state index contributed by atoms with van der Waals surface area (Å²) in [7, 11) is 0. The number of carbonyl (C=O) groups is 1. The number of hydrogen-bond donors (Lipinski definition) is 0. The normalized spacial score (nSPS) is 27.4. The zero-order chi connectivity index (χ0) is 12.3. The van der Waals surface area contributed by atoms with Gasteiger partial charge in [-0.1, -0.05) is 6.42 Å². The molecule has 0 amide bonds. The van der Waals surface area contributed by atoms with Gasteiger partial charge in [0.05, 0.1) is 6.07 Å². The van der Waals surface area contributed by atoms with Gasteiger partial charge in [-0.25, -0.2) is 0 Å². The van der Waals surface area contributed by atoms with Crippen LogP contribution in [0.1, 0.15) is 51.9 Å². The SMILES string of the molecule is CC(=O)CC1CCCCN1CC1(CC#N)CC1. The summed E-state index contributed by atoms with van der Waals surface area (Å²) in [5.74, 6) is 0.298. The number of likely N-dealkylation sites (tertiary alicyclic amines) is 1. The van der Waals surface area contributed by atoms with Gasteiger partial charge in [0, 0.05) is 25.4 Å². The van der Waals surface area contributed by atoms with Gasteiger partial charge in [-0.3, -0.25) is 9.69 Å². The van der Waals surface area contributed by atoms with Gasteiger partial charge < -0.3 is 0 Å². The van der Waals surface area contributed by atoms with Crippen molar-refractivity contribution in [2.75, 3.05) is 13.1 Å². The number of Topliss-reactive ketones (excluding diaryl/α,β-unsaturated/α-hetero) is 1. The molecule has 0 aromatic rings. The van der Waals surface area contributed by atoms with Crippen molar-refractivity contribution in [3.8, 4) is 6.07 Å². The lowest BCUT2D eigenvalue weighted by atomic mass is 9.94. The highest BCUT2D eigenvalue weighted by Crippen LogP contribution is 2.49. The zero-order valence-corrected chi connectivity index (χ0v) is 10.7. The molecule has 3 heteroatoms. The Morgan fingerprint density at radius 1 is 1.47 bits per heavy atom. The van der Waals surface area contributed by atoms with E-state index in [1.165, 1.54) is 25.7 Å². The van der Waals surface area contributed by atoms with Crippen LogP contribution >= 0.6 is 0 Å². The van der Waals surface area contributed by atoms with Crippen LogP contribution in [0.5, 0.6) is 0 Å². The van der Waals surface area contributed by atoms with Crippen LogP contribution in [0.2, 0.25) is 0 Å². The van der Waals surface area contributed by atoms with Crippen LogP contribution in [0.25, 0.3) is 0 Å². The van der Waals surface area contributed by atoms with Gasteiger partial charge in [-0.15, -0.1) is 0 Å². The number of nitrogens with zero attached hydrogens (tertiary/aromatic N) is 2. The fourth-order valence-electron chi connectivity index (χ4n) is 3.00. The van der Waals surface area contributed by atoms with Gasteiger partial charge in [0.15, 0.2) is 0 Å². The average Bonchev–Trinajstić information content (AvgIpc) is 3.01. The first-order valence-corrected chi connectivity index (χ1v) is 6.76. The number of rotatable bonds is 5. The Labute approximate surface area is 104 Å². The van der Waals surface area contributed by atoms with Crippen molar-refractivity contribution in [3.05, 3.63) is 0 Å². The van der Waals surface area contributed by atoms with Gasteiger partial charge >= 0.3 is 0 Å². The fourth-order valence-corrected chi connectivity index (χ4v) is 3.00. The molecule has 2 fully saturated rings. The van der Waals surface area contributed by atoms with Crippen molar-refractivity contribution in [2.45, 2.75) is 57.9 Å². The third-order valence-electron chi connectivity index (χ3n) is 4.22. The summed E-state index contributed by atoms with van der Waals surface area (Å²) >= 11 is 0. The van der Waals surface area contributed by atoms with Crippen LogP contribution in [0.15, 0.2) is 0 Å². The van der Waals surface area contributed by atoms with E-state index >= 15 is 0 Å². The van der Waals surface area contributed by atoms with Crippen molar-refractivity contribution in [2.24, 2.45) is 5.41 Å². The number of piperidine rings is 1. The summed E-state index contributed by atoms with van der Waals surface area (Å²) < 4.78 is 0. The lowest BCUT2D eigenvalue weighted by molar-refractivity contribution is -0.118. The maximum Gasteiger partial charge on any atom is 0.131 e. The van der Waals surface area contributed by atoms with Crippen LogP contribution in [0.4, 0.5) is 0 Å². The lowest BCUT2D eigenvalue weighted by Gasteiger charge is -2.37. The van der Waals surface area contributed by atoms with Crippen LogP contribution in [0, 0.1) is 16.7 Å². The first-order chi connectivity index (χ1) is 8.15. The molecule has 0 aromatic carbocycles. The largest absolute Gasteiger partial charge is 0.300 e. The lowest BCUT2D eigenvalue weighted by Crippen LogP contribution is -2.43. The highest BCUT2D eigenvalue weighted by atomic mass is 16.1. The molecule has 0 bridgehead atoms. The van der Waals surface area contributed by atoms with Crippen LogP contribution < -0.4 is 0 Å². The first-order valence-electron chi connectivity index (χ1n) is 6.76. The second-order valence-electron chi connectivity index (χ2n) is 5.86. The molecule has 2 aliphatic rings. The Morgan fingerprint density at radius 2 is 2.24 bits per heavy atom.